The van der Waals surface area contributed by atoms with E-state index in [-0.39, 0.29) is 24.8 Å². The molecule has 0 fully saturated rings. The molecule has 0 aliphatic carbocycles. The van der Waals surface area contributed by atoms with Gasteiger partial charge in [-0.15, -0.1) is 5.10 Å². The van der Waals surface area contributed by atoms with Gasteiger partial charge in [-0.05, 0) is 28.1 Å². The van der Waals surface area contributed by atoms with Crippen LogP contribution in [0.4, 0.5) is 0 Å². The first-order chi connectivity index (χ1) is 12.1. The molecule has 10 heteroatoms. The van der Waals surface area contributed by atoms with Crippen LogP contribution in [0.5, 0.6) is 5.75 Å². The number of hydrogen-bond donors (Lipinski definition) is 2. The van der Waals surface area contributed by atoms with Crippen molar-refractivity contribution in [2.24, 2.45) is 7.05 Å². The normalized spacial score (nSPS) is 10.3. The number of nitrogens with one attached hydrogen (secondary N) is 2. The molecule has 1 aromatic carbocycles. The van der Waals surface area contributed by atoms with E-state index in [1.807, 2.05) is 24.3 Å². The van der Waals surface area contributed by atoms with Gasteiger partial charge in [0.15, 0.2) is 0 Å². The number of benzene rings is 1. The van der Waals surface area contributed by atoms with Crippen LogP contribution in [0.1, 0.15) is 12.0 Å². The maximum Gasteiger partial charge on any atom is 0.239 e. The number of carbonyl (C=O) groups excluding carboxylic acids is 2. The molecule has 0 saturated heterocycles. The number of amides is 2. The summed E-state index contributed by atoms with van der Waals surface area (Å²) in [5.41, 5.74) is 0.953. The Morgan fingerprint density at radius 2 is 1.96 bits per heavy atom. The number of aromatic nitrogens is 4. The van der Waals surface area contributed by atoms with Crippen molar-refractivity contribution >= 4 is 23.6 Å². The van der Waals surface area contributed by atoms with Crippen molar-refractivity contribution in [1.82, 2.24) is 30.8 Å². The highest BCUT2D eigenvalue weighted by molar-refractivity contribution is 7.99. The summed E-state index contributed by atoms with van der Waals surface area (Å²) in [5, 5.41) is 17.0. The molecule has 2 N–H and O–H groups in total. The van der Waals surface area contributed by atoms with E-state index in [9.17, 15) is 9.59 Å². The van der Waals surface area contributed by atoms with Crippen molar-refractivity contribution < 1.29 is 14.3 Å². The minimum Gasteiger partial charge on any atom is -0.497 e. The third-order valence-corrected chi connectivity index (χ3v) is 4.25. The lowest BCUT2D eigenvalue weighted by Crippen LogP contribution is -2.36. The summed E-state index contributed by atoms with van der Waals surface area (Å²) < 4.78 is 6.61. The van der Waals surface area contributed by atoms with Crippen molar-refractivity contribution in [1.29, 1.82) is 0 Å². The maximum atomic E-state index is 11.8. The molecular formula is C15H20N6O3S. The minimum atomic E-state index is -0.241. The van der Waals surface area contributed by atoms with E-state index in [4.69, 9.17) is 4.74 Å². The van der Waals surface area contributed by atoms with E-state index in [0.29, 0.717) is 17.5 Å². The van der Waals surface area contributed by atoms with Gasteiger partial charge in [0.25, 0.3) is 0 Å². The molecular weight excluding hydrogens is 344 g/mol. The highest BCUT2D eigenvalue weighted by Gasteiger charge is 2.08. The highest BCUT2D eigenvalue weighted by Crippen LogP contribution is 2.13. The van der Waals surface area contributed by atoms with Gasteiger partial charge in [0.2, 0.25) is 17.0 Å². The lowest BCUT2D eigenvalue weighted by molar-refractivity contribution is -0.125. The molecule has 1 heterocycles. The molecule has 2 amide bonds. The number of tetrazole rings is 1. The van der Waals surface area contributed by atoms with E-state index in [0.717, 1.165) is 11.3 Å². The van der Waals surface area contributed by atoms with Crippen LogP contribution in [0.2, 0.25) is 0 Å². The fourth-order valence-electron chi connectivity index (χ4n) is 1.85. The largest absolute Gasteiger partial charge is 0.497 e. The SMILES string of the molecule is COc1ccc(CNC(=O)CNC(=O)CCSc2nnnn2C)cc1. The van der Waals surface area contributed by atoms with E-state index < -0.39 is 0 Å². The van der Waals surface area contributed by atoms with Gasteiger partial charge in [0, 0.05) is 25.8 Å². The molecule has 134 valence electrons. The van der Waals surface area contributed by atoms with E-state index in [1.165, 1.54) is 16.4 Å². The summed E-state index contributed by atoms with van der Waals surface area (Å²) in [6.07, 6.45) is 0.281. The third kappa shape index (κ3) is 6.42. The van der Waals surface area contributed by atoms with E-state index in [2.05, 4.69) is 26.2 Å². The topological polar surface area (TPSA) is 111 Å². The molecule has 0 bridgehead atoms. The average molecular weight is 364 g/mol. The standard InChI is InChI=1S/C15H20N6O3S/c1-21-15(18-19-20-21)25-8-7-13(22)17-10-14(23)16-9-11-3-5-12(24-2)6-4-11/h3-6H,7-10H2,1-2H3,(H,16,23)(H,17,22). The van der Waals surface area contributed by atoms with Crippen LogP contribution in [0, 0.1) is 0 Å². The number of methoxy groups -OCH3 is 1. The first kappa shape index (κ1) is 18.7. The van der Waals surface area contributed by atoms with Crippen LogP contribution >= 0.6 is 11.8 Å². The monoisotopic (exact) mass is 364 g/mol. The van der Waals surface area contributed by atoms with Gasteiger partial charge in [0.05, 0.1) is 13.7 Å². The minimum absolute atomic E-state index is 0.0504. The van der Waals surface area contributed by atoms with Crippen LogP contribution in [0.25, 0.3) is 0 Å². The van der Waals surface area contributed by atoms with Gasteiger partial charge in [-0.3, -0.25) is 9.59 Å². The number of hydrogen-bond acceptors (Lipinski definition) is 7. The van der Waals surface area contributed by atoms with E-state index >= 15 is 0 Å². The van der Waals surface area contributed by atoms with Crippen molar-refractivity contribution in [3.05, 3.63) is 29.8 Å². The summed E-state index contributed by atoms with van der Waals surface area (Å²) >= 11 is 1.38. The Hall–Kier alpha value is -2.62. The Morgan fingerprint density at radius 1 is 1.20 bits per heavy atom. The van der Waals surface area contributed by atoms with Crippen molar-refractivity contribution in [2.45, 2.75) is 18.1 Å². The van der Waals surface area contributed by atoms with Crippen LogP contribution in [-0.4, -0.2) is 51.4 Å². The third-order valence-electron chi connectivity index (χ3n) is 3.24. The Bertz CT molecular complexity index is 704. The predicted octanol–water partition coefficient (Wildman–Crippen LogP) is 0.134. The number of ether oxygens (including phenoxy) is 1. The van der Waals surface area contributed by atoms with Crippen LogP contribution in [0.3, 0.4) is 0 Å². The second kappa shape index (κ2) is 9.62. The molecule has 25 heavy (non-hydrogen) atoms. The first-order valence-electron chi connectivity index (χ1n) is 7.60. The second-order valence-electron chi connectivity index (χ2n) is 5.09. The summed E-state index contributed by atoms with van der Waals surface area (Å²) in [5.74, 6) is 0.863. The van der Waals surface area contributed by atoms with E-state index in [1.54, 1.807) is 14.2 Å². The molecule has 0 aliphatic heterocycles. The van der Waals surface area contributed by atoms with Crippen LogP contribution in [0.15, 0.2) is 29.4 Å². The molecule has 1 aromatic heterocycles. The first-order valence-corrected chi connectivity index (χ1v) is 8.58. The maximum absolute atomic E-state index is 11.8. The quantitative estimate of drug-likeness (QED) is 0.609. The fraction of sp³-hybridized carbons (Fsp3) is 0.400. The predicted molar refractivity (Wildman–Crippen MR) is 92.0 cm³/mol. The Morgan fingerprint density at radius 3 is 2.60 bits per heavy atom. The molecule has 0 atom stereocenters. The zero-order chi connectivity index (χ0) is 18.1. The number of carbonyl (C=O) groups is 2. The molecule has 9 nitrogen and oxygen atoms in total. The molecule has 2 rings (SSSR count). The van der Waals surface area contributed by atoms with Crippen molar-refractivity contribution in [2.75, 3.05) is 19.4 Å². The average Bonchev–Trinajstić information content (AvgIpc) is 3.03. The number of thioether (sulfide) groups is 1. The highest BCUT2D eigenvalue weighted by atomic mass is 32.2. The molecule has 0 unspecified atom stereocenters. The van der Waals surface area contributed by atoms with Gasteiger partial charge in [-0.25, -0.2) is 4.68 Å². The summed E-state index contributed by atoms with van der Waals surface area (Å²) in [4.78, 5) is 23.5. The van der Waals surface area contributed by atoms with Gasteiger partial charge in [-0.2, -0.15) is 0 Å². The lowest BCUT2D eigenvalue weighted by atomic mass is 10.2. The Kier molecular flexibility index (Phi) is 7.20. The molecule has 0 saturated carbocycles. The smallest absolute Gasteiger partial charge is 0.239 e. The molecule has 0 spiro atoms. The van der Waals surface area contributed by atoms with Gasteiger partial charge < -0.3 is 15.4 Å². The summed E-state index contributed by atoms with van der Waals surface area (Å²) in [6.45, 7) is 0.346. The summed E-state index contributed by atoms with van der Waals surface area (Å²) in [6, 6.07) is 7.40. The fourth-order valence-corrected chi connectivity index (χ4v) is 2.64. The van der Waals surface area contributed by atoms with Crippen molar-refractivity contribution in [3.63, 3.8) is 0 Å². The second-order valence-corrected chi connectivity index (χ2v) is 6.15. The zero-order valence-corrected chi connectivity index (χ0v) is 14.9. The summed E-state index contributed by atoms with van der Waals surface area (Å²) in [7, 11) is 3.33. The number of nitrogens with zero attached hydrogens (tertiary/aromatic N) is 4. The van der Waals surface area contributed by atoms with Gasteiger partial charge in [-0.1, -0.05) is 23.9 Å². The lowest BCUT2D eigenvalue weighted by Gasteiger charge is -2.07. The van der Waals surface area contributed by atoms with Gasteiger partial charge in [0.1, 0.15) is 5.75 Å². The molecule has 2 aromatic rings. The van der Waals surface area contributed by atoms with Crippen molar-refractivity contribution in [3.8, 4) is 5.75 Å². The zero-order valence-electron chi connectivity index (χ0n) is 14.1. The van der Waals surface area contributed by atoms with Gasteiger partial charge >= 0.3 is 0 Å². The molecule has 0 radical (unpaired) electrons. The number of aryl methyl sites for hydroxylation is 1. The molecule has 0 aliphatic rings. The van der Waals surface area contributed by atoms with Crippen LogP contribution in [-0.2, 0) is 23.2 Å². The Balaban J connectivity index is 1.60. The van der Waals surface area contributed by atoms with Crippen LogP contribution < -0.4 is 15.4 Å². The number of rotatable bonds is 9. The Labute approximate surface area is 149 Å².